The Kier molecular flexibility index (Phi) is 35.6. The molecule has 0 spiro atoms. The molecule has 5 aromatic carbocycles. The van der Waals surface area contributed by atoms with E-state index in [0.717, 1.165) is 38.9 Å². The van der Waals surface area contributed by atoms with Gasteiger partial charge >= 0.3 is 24.0 Å². The van der Waals surface area contributed by atoms with E-state index in [1.165, 1.54) is 0 Å². The summed E-state index contributed by atoms with van der Waals surface area (Å²) in [6.07, 6.45) is -1.90. The van der Waals surface area contributed by atoms with E-state index in [4.69, 9.17) is 28.4 Å². The Morgan fingerprint density at radius 2 is 0.893 bits per heavy atom. The molecule has 1 unspecified atom stereocenters. The fraction of sp³-hybridized carbons (Fsp3) is 0.529. The molecular weight excluding hydrogens is 1430 g/mol. The van der Waals surface area contributed by atoms with E-state index >= 15 is 0 Å². The monoisotopic (exact) mass is 1550 g/mol. The van der Waals surface area contributed by atoms with Crippen LogP contribution in [0.4, 0.5) is 4.79 Å². The summed E-state index contributed by atoms with van der Waals surface area (Å²) in [5.41, 5.74) is 5.10. The van der Waals surface area contributed by atoms with Crippen LogP contribution in [0.2, 0.25) is 0 Å². The number of benzene rings is 5. The lowest BCUT2D eigenvalue weighted by Crippen LogP contribution is -2.61. The predicted molar refractivity (Wildman–Crippen MR) is 427 cm³/mol. The zero-order valence-electron chi connectivity index (χ0n) is 68.3. The van der Waals surface area contributed by atoms with Crippen molar-refractivity contribution in [3.8, 4) is 22.6 Å². The highest BCUT2D eigenvalue weighted by Gasteiger charge is 2.39. The lowest BCUT2D eigenvalue weighted by Gasteiger charge is -2.30. The second kappa shape index (κ2) is 44.1. The Labute approximate surface area is 660 Å². The van der Waals surface area contributed by atoms with E-state index in [1.54, 1.807) is 80.0 Å². The quantitative estimate of drug-likeness (QED) is 0.0133. The van der Waals surface area contributed by atoms with Crippen LogP contribution in [-0.2, 0) is 73.5 Å². The number of carbonyl (C=O) groups excluding carboxylic acids is 11. The molecule has 0 radical (unpaired) electrons. The molecule has 5 aromatic rings. The number of rotatable bonds is 43. The molecule has 6 rings (SSSR count). The van der Waals surface area contributed by atoms with Gasteiger partial charge in [-0.25, -0.2) is 9.59 Å². The summed E-state index contributed by atoms with van der Waals surface area (Å²) < 4.78 is 34.0. The summed E-state index contributed by atoms with van der Waals surface area (Å²) >= 11 is 0. The lowest BCUT2D eigenvalue weighted by molar-refractivity contribution is -0.160. The molecule has 0 aliphatic heterocycles. The van der Waals surface area contributed by atoms with E-state index < -0.39 is 144 Å². The van der Waals surface area contributed by atoms with Gasteiger partial charge in [-0.2, -0.15) is 0 Å². The van der Waals surface area contributed by atoms with Gasteiger partial charge in [0, 0.05) is 12.3 Å². The lowest BCUT2D eigenvalue weighted by atomic mass is 9.96. The number of hydrogen-bond donors (Lipinski definition) is 8. The van der Waals surface area contributed by atoms with E-state index in [0.29, 0.717) is 30.8 Å². The van der Waals surface area contributed by atoms with Gasteiger partial charge in [-0.3, -0.25) is 43.2 Å². The van der Waals surface area contributed by atoms with Crippen molar-refractivity contribution in [1.29, 1.82) is 0 Å². The van der Waals surface area contributed by atoms with Gasteiger partial charge in [-0.05, 0) is 158 Å². The minimum atomic E-state index is -1.71. The van der Waals surface area contributed by atoms with E-state index in [1.807, 2.05) is 165 Å². The van der Waals surface area contributed by atoms with E-state index in [-0.39, 0.29) is 81.3 Å². The van der Waals surface area contributed by atoms with Crippen molar-refractivity contribution in [2.45, 2.75) is 241 Å². The smallest absolute Gasteiger partial charge is 0.407 e. The van der Waals surface area contributed by atoms with Crippen LogP contribution in [0.5, 0.6) is 11.5 Å². The molecule has 1 aliphatic rings. The maximum atomic E-state index is 15.0. The largest absolute Gasteiger partial charge is 0.497 e. The fourth-order valence-electron chi connectivity index (χ4n) is 13.1. The van der Waals surface area contributed by atoms with Gasteiger partial charge in [0.15, 0.2) is 0 Å². The minimum absolute atomic E-state index is 0.0250. The molecule has 9 atom stereocenters. The summed E-state index contributed by atoms with van der Waals surface area (Å²) in [7, 11) is 3.09. The van der Waals surface area contributed by atoms with Crippen molar-refractivity contribution in [3.05, 3.63) is 155 Å². The third kappa shape index (κ3) is 29.1. The fourth-order valence-corrected chi connectivity index (χ4v) is 13.1. The Morgan fingerprint density at radius 3 is 1.36 bits per heavy atom. The second-order valence-corrected chi connectivity index (χ2v) is 32.0. The molecule has 25 heteroatoms. The molecule has 0 saturated carbocycles. The first kappa shape index (κ1) is 90.6. The normalized spacial score (nSPS) is 14.3. The number of methoxy groups -OCH3 is 2. The summed E-state index contributed by atoms with van der Waals surface area (Å²) in [4.78, 5) is 159. The molecule has 0 bridgehead atoms. The topological polar surface area (TPSA) is 339 Å². The number of hydrogen-bond acceptors (Lipinski definition) is 17. The average Bonchev–Trinajstić information content (AvgIpc) is 1.61. The molecule has 0 fully saturated rings. The second-order valence-electron chi connectivity index (χ2n) is 32.0. The molecule has 8 N–H and O–H groups in total. The Hall–Kier alpha value is -10.3. The first-order chi connectivity index (χ1) is 53.1. The summed E-state index contributed by atoms with van der Waals surface area (Å²) in [5, 5.41) is 22.4. The van der Waals surface area contributed by atoms with Crippen LogP contribution in [0.3, 0.4) is 0 Å². The average molecular weight is 1550 g/mol. The Balaban J connectivity index is 1.21. The summed E-state index contributed by atoms with van der Waals surface area (Å²) in [6.45, 7) is 26.6. The molecule has 25 nitrogen and oxygen atoms in total. The third-order valence-corrected chi connectivity index (χ3v) is 19.3. The highest BCUT2D eigenvalue weighted by Crippen LogP contribution is 2.44. The standard InChI is InChI=1S/C87H120N8O17/c1-18-56(12)77(85(105)111-62(37-32-51(2)3)47-74(97)109-49-57-26-20-19-21-27-57)95-83(103)71(46-54(8)9)90-81(101)72(48-75(98)112-87(13,14)15)91-84(104)76(55(10)11)94-82(102)70(45-53(6)7)89-80(100)69(44-52(4)5)88-79(99)68(92-86(106)110-50-67-65-30-24-22-28-63(65)64-29-23-25-31-66(64)67)42-43-73(96)93-78(58-33-38-60(107-16)39-34-58)59-35-40-61(108-17)41-36-59/h19-31,33-36,38-41,51-56,62,67-72,76-78H,18,32,37,42-50H2,1-17H3,(H,88,99)(H,89,100)(H,90,101)(H,91,104)(H,92,106)(H,93,96)(H,94,102)(H,95,103)/t56-,62?,68-,69-,70+,71+,72-,76-,77-/m0/s1. The van der Waals surface area contributed by atoms with Gasteiger partial charge in [0.1, 0.15) is 78.7 Å². The van der Waals surface area contributed by atoms with Gasteiger partial charge in [0.2, 0.25) is 41.4 Å². The molecule has 112 heavy (non-hydrogen) atoms. The van der Waals surface area contributed by atoms with Gasteiger partial charge in [-0.1, -0.05) is 193 Å². The molecular formula is C87H120N8O17. The number of alkyl carbamates (subject to hydrolysis) is 1. The number of amides is 8. The molecule has 1 aliphatic carbocycles. The van der Waals surface area contributed by atoms with Crippen molar-refractivity contribution >= 4 is 65.4 Å². The van der Waals surface area contributed by atoms with Crippen LogP contribution in [0.1, 0.15) is 208 Å². The van der Waals surface area contributed by atoms with Crippen molar-refractivity contribution in [2.24, 2.45) is 35.5 Å². The molecule has 0 saturated heterocycles. The SMILES string of the molecule is CC[C@H](C)[C@H](NC(=O)[C@@H](CC(C)C)NC(=O)[C@H](CC(=O)OC(C)(C)C)NC(=O)[C@@H](NC(=O)[C@@H](CC(C)C)NC(=O)[C@H](CC(C)C)NC(=O)[C@H](CCC(=O)NC(c1ccc(OC)cc1)c1ccc(OC)cc1)NC(=O)OCC1c2ccccc2-c2ccccc21)C(C)C)C(=O)OC(CCC(C)C)CC(=O)OCc1ccccc1. The van der Waals surface area contributed by atoms with E-state index in [9.17, 15) is 52.7 Å². The van der Waals surface area contributed by atoms with Crippen molar-refractivity contribution in [2.75, 3.05) is 20.8 Å². The number of ether oxygens (including phenoxy) is 6. The maximum absolute atomic E-state index is 15.0. The first-order valence-corrected chi connectivity index (χ1v) is 39.2. The minimum Gasteiger partial charge on any atom is -0.497 e. The van der Waals surface area contributed by atoms with E-state index in [2.05, 4.69) is 42.5 Å². The highest BCUT2D eigenvalue weighted by molar-refractivity contribution is 5.99. The zero-order chi connectivity index (χ0) is 82.5. The Morgan fingerprint density at radius 1 is 0.438 bits per heavy atom. The van der Waals surface area contributed by atoms with Crippen LogP contribution in [0, 0.1) is 35.5 Å². The number of carbonyl (C=O) groups is 11. The van der Waals surface area contributed by atoms with Crippen LogP contribution in [0.25, 0.3) is 11.1 Å². The van der Waals surface area contributed by atoms with Crippen molar-refractivity contribution in [1.82, 2.24) is 42.5 Å². The molecule has 0 heterocycles. The van der Waals surface area contributed by atoms with Crippen LogP contribution in [0.15, 0.2) is 127 Å². The predicted octanol–water partition coefficient (Wildman–Crippen LogP) is 11.6. The van der Waals surface area contributed by atoms with Gasteiger partial charge in [0.05, 0.1) is 33.1 Å². The first-order valence-electron chi connectivity index (χ1n) is 39.2. The number of esters is 3. The van der Waals surface area contributed by atoms with Gasteiger partial charge in [0.25, 0.3) is 0 Å². The molecule has 610 valence electrons. The molecule has 0 aromatic heterocycles. The summed E-state index contributed by atoms with van der Waals surface area (Å²) in [5.74, 6) is -8.64. The zero-order valence-corrected chi connectivity index (χ0v) is 68.3. The molecule has 8 amide bonds. The summed E-state index contributed by atoms with van der Waals surface area (Å²) in [6, 6.07) is 28.6. The van der Waals surface area contributed by atoms with Crippen molar-refractivity contribution < 1.29 is 81.2 Å². The number of nitrogens with one attached hydrogen (secondary N) is 8. The number of fused-ring (bicyclic) bond motifs is 3. The van der Waals surface area contributed by atoms with Crippen LogP contribution in [-0.4, -0.2) is 140 Å². The third-order valence-electron chi connectivity index (χ3n) is 19.3. The van der Waals surface area contributed by atoms with Gasteiger partial charge in [-0.15, -0.1) is 0 Å². The van der Waals surface area contributed by atoms with Gasteiger partial charge < -0.3 is 71.0 Å². The van der Waals surface area contributed by atoms with Crippen molar-refractivity contribution in [3.63, 3.8) is 0 Å². The Bertz CT molecular complexity index is 3840. The van der Waals surface area contributed by atoms with Crippen LogP contribution >= 0.6 is 0 Å². The van der Waals surface area contributed by atoms with Crippen LogP contribution < -0.4 is 52.0 Å². The highest BCUT2D eigenvalue weighted by atomic mass is 16.6. The maximum Gasteiger partial charge on any atom is 0.407 e.